The molecule has 2 aromatic heterocycles. The van der Waals surface area contributed by atoms with Crippen LogP contribution in [-0.4, -0.2) is 21.5 Å². The molecule has 118 valence electrons. The molecule has 0 N–H and O–H groups in total. The van der Waals surface area contributed by atoms with Crippen LogP contribution in [0.2, 0.25) is 0 Å². The summed E-state index contributed by atoms with van der Waals surface area (Å²) in [6.45, 7) is -1.08. The van der Waals surface area contributed by atoms with Crippen molar-refractivity contribution in [1.82, 2.24) is 9.55 Å². The van der Waals surface area contributed by atoms with Crippen LogP contribution >= 0.6 is 0 Å². The van der Waals surface area contributed by atoms with Crippen LogP contribution in [0.1, 0.15) is 28.9 Å². The second-order valence-electron chi connectivity index (χ2n) is 5.86. The van der Waals surface area contributed by atoms with Gasteiger partial charge in [0.15, 0.2) is 5.78 Å². The van der Waals surface area contributed by atoms with Crippen LogP contribution in [0, 0.1) is 0 Å². The number of fused-ring (bicyclic) bond motifs is 5. The van der Waals surface area contributed by atoms with Crippen LogP contribution in [0.4, 0.5) is 13.2 Å². The van der Waals surface area contributed by atoms with Gasteiger partial charge in [-0.15, -0.1) is 0 Å². The zero-order valence-corrected chi connectivity index (χ0v) is 12.2. The number of alkyl halides is 3. The minimum Gasteiger partial charge on any atom is -0.334 e. The summed E-state index contributed by atoms with van der Waals surface area (Å²) in [6, 6.07) is 5.26. The van der Waals surface area contributed by atoms with Crippen molar-refractivity contribution in [3.8, 4) is 0 Å². The van der Waals surface area contributed by atoms with Crippen LogP contribution < -0.4 is 0 Å². The van der Waals surface area contributed by atoms with Crippen molar-refractivity contribution in [3.63, 3.8) is 0 Å². The Morgan fingerprint density at radius 1 is 1.13 bits per heavy atom. The van der Waals surface area contributed by atoms with Gasteiger partial charge in [-0.25, -0.2) is 0 Å². The standard InChI is InChI=1S/C17H13F3N2O/c18-17(19,20)9-22-13-2-1-3-14(23)15(13)12-5-4-10-8-21-7-6-11(10)16(12)22/h4-8H,1-3,9H2. The van der Waals surface area contributed by atoms with Crippen LogP contribution in [0.15, 0.2) is 30.6 Å². The van der Waals surface area contributed by atoms with E-state index in [0.717, 1.165) is 5.39 Å². The normalized spacial score (nSPS) is 15.3. The predicted octanol–water partition coefficient (Wildman–Crippen LogP) is 4.27. The number of nitrogens with zero attached hydrogens (tertiary/aromatic N) is 2. The minimum absolute atomic E-state index is 0.0643. The Kier molecular flexibility index (Phi) is 2.98. The molecule has 0 spiro atoms. The van der Waals surface area contributed by atoms with E-state index in [2.05, 4.69) is 4.98 Å². The van der Waals surface area contributed by atoms with Gasteiger partial charge in [-0.2, -0.15) is 13.2 Å². The lowest BCUT2D eigenvalue weighted by Gasteiger charge is -2.17. The molecule has 0 aliphatic heterocycles. The van der Waals surface area contributed by atoms with Gasteiger partial charge >= 0.3 is 6.18 Å². The van der Waals surface area contributed by atoms with Crippen LogP contribution in [0.3, 0.4) is 0 Å². The van der Waals surface area contributed by atoms with Crippen molar-refractivity contribution >= 4 is 27.5 Å². The van der Waals surface area contributed by atoms with Crippen molar-refractivity contribution in [3.05, 3.63) is 41.9 Å². The Labute approximate surface area is 129 Å². The van der Waals surface area contributed by atoms with Crippen LogP contribution in [0.25, 0.3) is 21.7 Å². The molecule has 0 atom stereocenters. The first kappa shape index (κ1) is 14.2. The maximum atomic E-state index is 13.1. The summed E-state index contributed by atoms with van der Waals surface area (Å²) in [5.41, 5.74) is 1.47. The number of benzene rings is 1. The van der Waals surface area contributed by atoms with Gasteiger partial charge in [-0.1, -0.05) is 12.1 Å². The number of aromatic nitrogens is 2. The highest BCUT2D eigenvalue weighted by atomic mass is 19.4. The molecular formula is C17H13F3N2O. The quantitative estimate of drug-likeness (QED) is 0.671. The number of ketones is 1. The van der Waals surface area contributed by atoms with Crippen molar-refractivity contribution in [2.24, 2.45) is 0 Å². The number of hydrogen-bond acceptors (Lipinski definition) is 2. The molecule has 23 heavy (non-hydrogen) atoms. The summed E-state index contributed by atoms with van der Waals surface area (Å²) in [4.78, 5) is 16.3. The molecule has 0 amide bonds. The first-order valence-corrected chi connectivity index (χ1v) is 7.43. The van der Waals surface area contributed by atoms with Crippen LogP contribution in [-0.2, 0) is 13.0 Å². The average Bonchev–Trinajstić information content (AvgIpc) is 2.81. The van der Waals surface area contributed by atoms with E-state index in [9.17, 15) is 18.0 Å². The molecule has 0 saturated heterocycles. The van der Waals surface area contributed by atoms with E-state index in [-0.39, 0.29) is 5.78 Å². The van der Waals surface area contributed by atoms with Crippen LogP contribution in [0.5, 0.6) is 0 Å². The number of carbonyl (C=O) groups is 1. The molecule has 0 unspecified atom stereocenters. The van der Waals surface area contributed by atoms with Gasteiger partial charge in [-0.05, 0) is 18.9 Å². The Balaban J connectivity index is 2.15. The van der Waals surface area contributed by atoms with E-state index in [1.165, 1.54) is 4.57 Å². The van der Waals surface area contributed by atoms with E-state index in [0.29, 0.717) is 46.8 Å². The number of Topliss-reactive ketones (excluding diaryl/α,β-unsaturated/α-hetero) is 1. The maximum absolute atomic E-state index is 13.1. The van der Waals surface area contributed by atoms with Crippen molar-refractivity contribution in [2.45, 2.75) is 32.0 Å². The molecule has 0 bridgehead atoms. The Hall–Kier alpha value is -2.37. The molecule has 1 aromatic carbocycles. The average molecular weight is 318 g/mol. The third kappa shape index (κ3) is 2.20. The fraction of sp³-hybridized carbons (Fsp3) is 0.294. The molecule has 2 heterocycles. The molecule has 4 rings (SSSR count). The smallest absolute Gasteiger partial charge is 0.334 e. The molecule has 0 saturated carbocycles. The van der Waals surface area contributed by atoms with Gasteiger partial charge in [0.1, 0.15) is 6.54 Å². The second kappa shape index (κ2) is 4.81. The topological polar surface area (TPSA) is 34.9 Å². The third-order valence-electron chi connectivity index (χ3n) is 4.38. The lowest BCUT2D eigenvalue weighted by atomic mass is 9.94. The van der Waals surface area contributed by atoms with Crippen molar-refractivity contribution < 1.29 is 18.0 Å². The van der Waals surface area contributed by atoms with Crippen molar-refractivity contribution in [2.75, 3.05) is 0 Å². The SMILES string of the molecule is O=C1CCCc2c1c1ccc3cnccc3c1n2CC(F)(F)F. The number of halogens is 3. The fourth-order valence-corrected chi connectivity index (χ4v) is 3.54. The zero-order chi connectivity index (χ0) is 16.2. The summed E-state index contributed by atoms with van der Waals surface area (Å²) < 4.78 is 40.6. The highest BCUT2D eigenvalue weighted by Crippen LogP contribution is 2.37. The van der Waals surface area contributed by atoms with Gasteiger partial charge < -0.3 is 4.57 Å². The lowest BCUT2D eigenvalue weighted by Crippen LogP contribution is -2.21. The van der Waals surface area contributed by atoms with Gasteiger partial charge in [-0.3, -0.25) is 9.78 Å². The molecular weight excluding hydrogens is 305 g/mol. The Morgan fingerprint density at radius 3 is 2.74 bits per heavy atom. The number of carbonyl (C=O) groups excluding carboxylic acids is 1. The van der Waals surface area contributed by atoms with E-state index < -0.39 is 12.7 Å². The lowest BCUT2D eigenvalue weighted by molar-refractivity contribution is -0.140. The predicted molar refractivity (Wildman–Crippen MR) is 80.6 cm³/mol. The third-order valence-corrected chi connectivity index (χ3v) is 4.38. The van der Waals surface area contributed by atoms with E-state index in [1.54, 1.807) is 24.5 Å². The summed E-state index contributed by atoms with van der Waals surface area (Å²) >= 11 is 0. The van der Waals surface area contributed by atoms with E-state index >= 15 is 0 Å². The first-order valence-electron chi connectivity index (χ1n) is 7.43. The van der Waals surface area contributed by atoms with Gasteiger partial charge in [0.25, 0.3) is 0 Å². The van der Waals surface area contributed by atoms with Crippen molar-refractivity contribution in [1.29, 1.82) is 0 Å². The Morgan fingerprint density at radius 2 is 1.96 bits per heavy atom. The van der Waals surface area contributed by atoms with Gasteiger partial charge in [0.2, 0.25) is 0 Å². The summed E-state index contributed by atoms with van der Waals surface area (Å²) in [5.74, 6) is -0.0643. The fourth-order valence-electron chi connectivity index (χ4n) is 3.54. The zero-order valence-electron chi connectivity index (χ0n) is 12.2. The number of pyridine rings is 1. The first-order chi connectivity index (χ1) is 11.0. The summed E-state index contributed by atoms with van der Waals surface area (Å²) in [5, 5.41) is 2.09. The molecule has 1 aliphatic rings. The minimum atomic E-state index is -4.34. The molecule has 0 radical (unpaired) electrons. The van der Waals surface area contributed by atoms with Gasteiger partial charge in [0.05, 0.1) is 5.52 Å². The summed E-state index contributed by atoms with van der Waals surface area (Å²) in [7, 11) is 0. The maximum Gasteiger partial charge on any atom is 0.406 e. The number of hydrogen-bond donors (Lipinski definition) is 0. The largest absolute Gasteiger partial charge is 0.406 e. The Bertz CT molecular complexity index is 940. The van der Waals surface area contributed by atoms with E-state index in [4.69, 9.17) is 0 Å². The molecule has 3 aromatic rings. The monoisotopic (exact) mass is 318 g/mol. The highest BCUT2D eigenvalue weighted by molar-refractivity contribution is 6.16. The highest BCUT2D eigenvalue weighted by Gasteiger charge is 2.33. The molecule has 1 aliphatic carbocycles. The molecule has 6 heteroatoms. The summed E-state index contributed by atoms with van der Waals surface area (Å²) in [6.07, 6.45) is 0.341. The molecule has 3 nitrogen and oxygen atoms in total. The second-order valence-corrected chi connectivity index (χ2v) is 5.86. The molecule has 0 fully saturated rings. The van der Waals surface area contributed by atoms with E-state index in [1.807, 2.05) is 6.07 Å². The van der Waals surface area contributed by atoms with Gasteiger partial charge in [0, 0.05) is 46.2 Å². The number of rotatable bonds is 1.